The molecule has 3 aromatic heterocycles. The standard InChI is InChI=1S/C22H26N6O2/c29-22-11-21(18-2-1-5-23-12-18)24-16-27(22)13-17-3-6-26(7-4-17)14-19-10-20-15-30-9-8-28(20)25-19/h1-2,5,10-12,16-17H,3-4,6-9,13-15H2. The van der Waals surface area contributed by atoms with Crippen molar-refractivity contribution in [2.75, 3.05) is 19.7 Å². The lowest BCUT2D eigenvalue weighted by molar-refractivity contribution is 0.0799. The lowest BCUT2D eigenvalue weighted by atomic mass is 9.96. The van der Waals surface area contributed by atoms with Gasteiger partial charge in [-0.25, -0.2) is 4.98 Å². The minimum atomic E-state index is -0.00269. The number of hydrogen-bond donors (Lipinski definition) is 0. The van der Waals surface area contributed by atoms with Gasteiger partial charge in [-0.15, -0.1) is 0 Å². The van der Waals surface area contributed by atoms with Crippen LogP contribution in [-0.4, -0.2) is 48.9 Å². The first-order valence-corrected chi connectivity index (χ1v) is 10.6. The van der Waals surface area contributed by atoms with Gasteiger partial charge in [-0.2, -0.15) is 5.10 Å². The SMILES string of the molecule is O=c1cc(-c2cccnc2)ncn1CC1CCN(Cc2cc3n(n2)CCOC3)CC1. The minimum absolute atomic E-state index is 0.00269. The highest BCUT2D eigenvalue weighted by atomic mass is 16.5. The molecule has 0 unspecified atom stereocenters. The molecule has 5 heterocycles. The zero-order valence-electron chi connectivity index (χ0n) is 17.0. The molecule has 5 rings (SSSR count). The van der Waals surface area contributed by atoms with Crippen LogP contribution >= 0.6 is 0 Å². The van der Waals surface area contributed by atoms with E-state index in [1.807, 2.05) is 12.1 Å². The average molecular weight is 406 g/mol. The van der Waals surface area contributed by atoms with Gasteiger partial charge in [0.15, 0.2) is 0 Å². The third-order valence-corrected chi connectivity index (χ3v) is 6.00. The van der Waals surface area contributed by atoms with Gasteiger partial charge < -0.3 is 4.74 Å². The zero-order valence-corrected chi connectivity index (χ0v) is 17.0. The molecule has 0 bridgehead atoms. The Morgan fingerprint density at radius 3 is 2.83 bits per heavy atom. The summed E-state index contributed by atoms with van der Waals surface area (Å²) in [6, 6.07) is 7.54. The van der Waals surface area contributed by atoms with Gasteiger partial charge in [-0.05, 0) is 50.0 Å². The normalized spacial score (nSPS) is 17.7. The Kier molecular flexibility index (Phi) is 5.42. The number of rotatable bonds is 5. The summed E-state index contributed by atoms with van der Waals surface area (Å²) >= 11 is 0. The van der Waals surface area contributed by atoms with Gasteiger partial charge in [0.25, 0.3) is 5.56 Å². The predicted octanol–water partition coefficient (Wildman–Crippen LogP) is 1.94. The van der Waals surface area contributed by atoms with Crippen molar-refractivity contribution in [2.24, 2.45) is 5.92 Å². The van der Waals surface area contributed by atoms with Gasteiger partial charge >= 0.3 is 0 Å². The summed E-state index contributed by atoms with van der Waals surface area (Å²) in [6.07, 6.45) is 7.27. The van der Waals surface area contributed by atoms with E-state index in [9.17, 15) is 4.79 Å². The van der Waals surface area contributed by atoms with Crippen molar-refractivity contribution in [1.82, 2.24) is 29.2 Å². The number of hydrogen-bond acceptors (Lipinski definition) is 6. The van der Waals surface area contributed by atoms with Crippen LogP contribution in [0.25, 0.3) is 11.3 Å². The van der Waals surface area contributed by atoms with Crippen LogP contribution in [0.15, 0.2) is 47.8 Å². The van der Waals surface area contributed by atoms with Crippen molar-refractivity contribution in [3.63, 3.8) is 0 Å². The lowest BCUT2D eigenvalue weighted by Crippen LogP contribution is -2.36. The van der Waals surface area contributed by atoms with E-state index in [0.29, 0.717) is 18.2 Å². The largest absolute Gasteiger partial charge is 0.373 e. The second-order valence-corrected chi connectivity index (χ2v) is 8.13. The molecule has 30 heavy (non-hydrogen) atoms. The van der Waals surface area contributed by atoms with Crippen LogP contribution in [-0.2, 0) is 31.0 Å². The first-order valence-electron chi connectivity index (χ1n) is 10.6. The summed E-state index contributed by atoms with van der Waals surface area (Å²) in [5.41, 5.74) is 3.83. The monoisotopic (exact) mass is 406 g/mol. The fourth-order valence-corrected chi connectivity index (χ4v) is 4.30. The molecule has 0 atom stereocenters. The molecular weight excluding hydrogens is 380 g/mol. The van der Waals surface area contributed by atoms with Crippen molar-refractivity contribution >= 4 is 0 Å². The molecule has 8 heteroatoms. The van der Waals surface area contributed by atoms with E-state index in [1.165, 1.54) is 5.69 Å². The van der Waals surface area contributed by atoms with Crippen LogP contribution in [0.1, 0.15) is 24.2 Å². The Balaban J connectivity index is 1.16. The van der Waals surface area contributed by atoms with Gasteiger partial charge in [-0.3, -0.25) is 23.9 Å². The molecule has 0 saturated carbocycles. The third kappa shape index (κ3) is 4.20. The molecule has 0 radical (unpaired) electrons. The van der Waals surface area contributed by atoms with E-state index >= 15 is 0 Å². The van der Waals surface area contributed by atoms with Crippen LogP contribution in [0.3, 0.4) is 0 Å². The molecule has 3 aromatic rings. The Morgan fingerprint density at radius 2 is 2.07 bits per heavy atom. The molecule has 0 aromatic carbocycles. The number of fused-ring (bicyclic) bond motifs is 1. The van der Waals surface area contributed by atoms with Crippen LogP contribution in [0.2, 0.25) is 0 Å². The van der Waals surface area contributed by atoms with Gasteiger partial charge in [-0.1, -0.05) is 0 Å². The third-order valence-electron chi connectivity index (χ3n) is 6.00. The van der Waals surface area contributed by atoms with Crippen LogP contribution in [0, 0.1) is 5.92 Å². The Labute approximate surface area is 175 Å². The summed E-state index contributed by atoms with van der Waals surface area (Å²) in [5, 5.41) is 4.71. The zero-order chi connectivity index (χ0) is 20.3. The summed E-state index contributed by atoms with van der Waals surface area (Å²) in [5.74, 6) is 0.494. The van der Waals surface area contributed by atoms with E-state index in [1.54, 1.807) is 29.4 Å². The highest BCUT2D eigenvalue weighted by Crippen LogP contribution is 2.21. The molecule has 2 aliphatic heterocycles. The van der Waals surface area contributed by atoms with Crippen LogP contribution in [0.5, 0.6) is 0 Å². The summed E-state index contributed by atoms with van der Waals surface area (Å²) in [4.78, 5) is 23.6. The molecule has 0 N–H and O–H groups in total. The highest BCUT2D eigenvalue weighted by Gasteiger charge is 2.22. The number of nitrogens with zero attached hydrogens (tertiary/aromatic N) is 6. The fraction of sp³-hybridized carbons (Fsp3) is 0.455. The van der Waals surface area contributed by atoms with Crippen LogP contribution < -0.4 is 5.56 Å². The van der Waals surface area contributed by atoms with E-state index in [4.69, 9.17) is 9.84 Å². The maximum absolute atomic E-state index is 12.6. The van der Waals surface area contributed by atoms with Crippen molar-refractivity contribution in [3.05, 3.63) is 64.7 Å². The number of piperidine rings is 1. The number of aromatic nitrogens is 5. The maximum Gasteiger partial charge on any atom is 0.253 e. The highest BCUT2D eigenvalue weighted by molar-refractivity contribution is 5.56. The Morgan fingerprint density at radius 1 is 1.17 bits per heavy atom. The molecule has 0 aliphatic carbocycles. The van der Waals surface area contributed by atoms with Crippen molar-refractivity contribution in [2.45, 2.75) is 39.1 Å². The van der Waals surface area contributed by atoms with Gasteiger partial charge in [0, 0.05) is 37.1 Å². The molecule has 0 spiro atoms. The number of pyridine rings is 1. The Hall–Kier alpha value is -2.84. The molecule has 1 saturated heterocycles. The number of likely N-dealkylation sites (tertiary alicyclic amines) is 1. The average Bonchev–Trinajstić information content (AvgIpc) is 3.19. The molecule has 0 amide bonds. The summed E-state index contributed by atoms with van der Waals surface area (Å²) < 4.78 is 9.31. The first-order chi connectivity index (χ1) is 14.7. The second-order valence-electron chi connectivity index (χ2n) is 8.13. The van der Waals surface area contributed by atoms with Crippen LogP contribution in [0.4, 0.5) is 0 Å². The van der Waals surface area contributed by atoms with E-state index in [0.717, 1.165) is 63.4 Å². The Bertz CT molecular complexity index is 1030. The lowest BCUT2D eigenvalue weighted by Gasteiger charge is -2.31. The first kappa shape index (κ1) is 19.1. The molecule has 2 aliphatic rings. The quantitative estimate of drug-likeness (QED) is 0.644. The van der Waals surface area contributed by atoms with Gasteiger partial charge in [0.1, 0.15) is 0 Å². The van der Waals surface area contributed by atoms with Crippen molar-refractivity contribution in [3.8, 4) is 11.3 Å². The van der Waals surface area contributed by atoms with Crippen molar-refractivity contribution in [1.29, 1.82) is 0 Å². The van der Waals surface area contributed by atoms with E-state index in [2.05, 4.69) is 25.6 Å². The topological polar surface area (TPSA) is 78.1 Å². The van der Waals surface area contributed by atoms with E-state index in [-0.39, 0.29) is 5.56 Å². The minimum Gasteiger partial charge on any atom is -0.373 e. The molecule has 1 fully saturated rings. The molecular formula is C22H26N6O2. The maximum atomic E-state index is 12.6. The molecule has 8 nitrogen and oxygen atoms in total. The van der Waals surface area contributed by atoms with Gasteiger partial charge in [0.05, 0.1) is 43.2 Å². The smallest absolute Gasteiger partial charge is 0.253 e. The number of ether oxygens (including phenoxy) is 1. The van der Waals surface area contributed by atoms with Gasteiger partial charge in [0.2, 0.25) is 0 Å². The molecule has 156 valence electrons. The second kappa shape index (κ2) is 8.49. The van der Waals surface area contributed by atoms with E-state index < -0.39 is 0 Å². The summed E-state index contributed by atoms with van der Waals surface area (Å²) in [7, 11) is 0. The summed E-state index contributed by atoms with van der Waals surface area (Å²) in [6.45, 7) is 5.92. The fourth-order valence-electron chi connectivity index (χ4n) is 4.30. The predicted molar refractivity (Wildman–Crippen MR) is 112 cm³/mol. The van der Waals surface area contributed by atoms with Crippen molar-refractivity contribution < 1.29 is 4.74 Å².